The van der Waals surface area contributed by atoms with Crippen molar-refractivity contribution in [2.45, 2.75) is 70.9 Å². The first kappa shape index (κ1) is 13.1. The molecule has 1 saturated carbocycles. The maximum atomic E-state index is 5.40. The first-order valence-corrected chi connectivity index (χ1v) is 7.92. The molecule has 2 aliphatic rings. The fourth-order valence-corrected chi connectivity index (χ4v) is 3.78. The van der Waals surface area contributed by atoms with Crippen LogP contribution in [-0.4, -0.2) is 27.6 Å². The number of rotatable bonds is 4. The van der Waals surface area contributed by atoms with Gasteiger partial charge in [0.2, 0.25) is 5.89 Å². The predicted molar refractivity (Wildman–Crippen MR) is 73.7 cm³/mol. The smallest absolute Gasteiger partial charge is 0.240 e. The molecule has 106 valence electrons. The van der Waals surface area contributed by atoms with Crippen molar-refractivity contribution in [2.75, 3.05) is 6.54 Å². The van der Waals surface area contributed by atoms with E-state index in [2.05, 4.69) is 22.0 Å². The summed E-state index contributed by atoms with van der Waals surface area (Å²) < 4.78 is 5.40. The van der Waals surface area contributed by atoms with Gasteiger partial charge in [-0.3, -0.25) is 4.90 Å². The Kier molecular flexibility index (Phi) is 4.16. The number of aryl methyl sites for hydroxylation is 1. The van der Waals surface area contributed by atoms with E-state index in [-0.39, 0.29) is 0 Å². The van der Waals surface area contributed by atoms with Gasteiger partial charge in [0, 0.05) is 12.5 Å². The SMILES string of the molecule is CCCc1noc(CN2CCCC3CCCCC32)n1. The van der Waals surface area contributed by atoms with E-state index < -0.39 is 0 Å². The highest BCUT2D eigenvalue weighted by atomic mass is 16.5. The van der Waals surface area contributed by atoms with E-state index in [1.54, 1.807) is 0 Å². The molecule has 4 heteroatoms. The van der Waals surface area contributed by atoms with Gasteiger partial charge in [-0.1, -0.05) is 24.9 Å². The van der Waals surface area contributed by atoms with Crippen LogP contribution in [0.25, 0.3) is 0 Å². The largest absolute Gasteiger partial charge is 0.338 e. The third-order valence-corrected chi connectivity index (χ3v) is 4.68. The first-order chi connectivity index (χ1) is 9.36. The lowest BCUT2D eigenvalue weighted by Gasteiger charge is -2.43. The Morgan fingerprint density at radius 2 is 2.05 bits per heavy atom. The van der Waals surface area contributed by atoms with Gasteiger partial charge in [-0.25, -0.2) is 0 Å². The highest BCUT2D eigenvalue weighted by Gasteiger charge is 2.33. The molecule has 2 fully saturated rings. The molecule has 0 aromatic carbocycles. The van der Waals surface area contributed by atoms with Crippen molar-refractivity contribution in [1.29, 1.82) is 0 Å². The highest BCUT2D eigenvalue weighted by molar-refractivity contribution is 4.91. The number of fused-ring (bicyclic) bond motifs is 1. The highest BCUT2D eigenvalue weighted by Crippen LogP contribution is 2.35. The zero-order chi connectivity index (χ0) is 13.1. The van der Waals surface area contributed by atoms with Crippen molar-refractivity contribution in [3.8, 4) is 0 Å². The molecule has 19 heavy (non-hydrogen) atoms. The lowest BCUT2D eigenvalue weighted by Crippen LogP contribution is -2.46. The van der Waals surface area contributed by atoms with E-state index in [4.69, 9.17) is 4.52 Å². The van der Waals surface area contributed by atoms with Gasteiger partial charge in [0.15, 0.2) is 5.82 Å². The van der Waals surface area contributed by atoms with Gasteiger partial charge in [0.1, 0.15) is 0 Å². The lowest BCUT2D eigenvalue weighted by molar-refractivity contribution is 0.0466. The van der Waals surface area contributed by atoms with Crippen LogP contribution in [-0.2, 0) is 13.0 Å². The number of aromatic nitrogens is 2. The van der Waals surface area contributed by atoms with Crippen LogP contribution in [0, 0.1) is 5.92 Å². The van der Waals surface area contributed by atoms with Gasteiger partial charge in [-0.05, 0) is 44.6 Å². The zero-order valence-electron chi connectivity index (χ0n) is 12.0. The molecule has 0 N–H and O–H groups in total. The molecule has 2 unspecified atom stereocenters. The number of hydrogen-bond acceptors (Lipinski definition) is 4. The number of likely N-dealkylation sites (tertiary alicyclic amines) is 1. The van der Waals surface area contributed by atoms with Crippen LogP contribution in [0.15, 0.2) is 4.52 Å². The van der Waals surface area contributed by atoms with Crippen LogP contribution >= 0.6 is 0 Å². The van der Waals surface area contributed by atoms with E-state index in [0.29, 0.717) is 0 Å². The molecule has 1 aliphatic carbocycles. The summed E-state index contributed by atoms with van der Waals surface area (Å²) >= 11 is 0. The fourth-order valence-electron chi connectivity index (χ4n) is 3.78. The summed E-state index contributed by atoms with van der Waals surface area (Å²) in [6.07, 6.45) is 10.4. The summed E-state index contributed by atoms with van der Waals surface area (Å²) in [6.45, 7) is 4.21. The van der Waals surface area contributed by atoms with Crippen LogP contribution in [0.4, 0.5) is 0 Å². The zero-order valence-corrected chi connectivity index (χ0v) is 12.0. The van der Waals surface area contributed by atoms with Crippen LogP contribution in [0.2, 0.25) is 0 Å². The Labute approximate surface area is 115 Å². The molecule has 0 radical (unpaired) electrons. The third kappa shape index (κ3) is 2.99. The Morgan fingerprint density at radius 3 is 2.95 bits per heavy atom. The molecule has 1 aliphatic heterocycles. The van der Waals surface area contributed by atoms with Crippen molar-refractivity contribution in [2.24, 2.45) is 5.92 Å². The average molecular weight is 263 g/mol. The summed E-state index contributed by atoms with van der Waals surface area (Å²) in [6, 6.07) is 0.768. The van der Waals surface area contributed by atoms with Gasteiger partial charge in [0.05, 0.1) is 6.54 Å². The monoisotopic (exact) mass is 263 g/mol. The van der Waals surface area contributed by atoms with Crippen molar-refractivity contribution in [1.82, 2.24) is 15.0 Å². The summed E-state index contributed by atoms with van der Waals surface area (Å²) in [5.41, 5.74) is 0. The Morgan fingerprint density at radius 1 is 1.21 bits per heavy atom. The molecule has 4 nitrogen and oxygen atoms in total. The average Bonchev–Trinajstić information content (AvgIpc) is 2.87. The molecule has 1 saturated heterocycles. The van der Waals surface area contributed by atoms with Crippen molar-refractivity contribution < 1.29 is 4.52 Å². The van der Waals surface area contributed by atoms with E-state index in [1.807, 2.05) is 0 Å². The topological polar surface area (TPSA) is 42.2 Å². The van der Waals surface area contributed by atoms with Crippen LogP contribution in [0.3, 0.4) is 0 Å². The molecule has 1 aromatic rings. The van der Waals surface area contributed by atoms with Gasteiger partial charge in [0.25, 0.3) is 0 Å². The van der Waals surface area contributed by atoms with E-state index >= 15 is 0 Å². The molecule has 0 spiro atoms. The van der Waals surface area contributed by atoms with E-state index in [1.165, 1.54) is 45.1 Å². The molecular weight excluding hydrogens is 238 g/mol. The molecule has 3 rings (SSSR count). The summed E-state index contributed by atoms with van der Waals surface area (Å²) in [7, 11) is 0. The number of nitrogens with zero attached hydrogens (tertiary/aromatic N) is 3. The normalized spacial score (nSPS) is 28.3. The van der Waals surface area contributed by atoms with E-state index in [0.717, 1.165) is 43.1 Å². The van der Waals surface area contributed by atoms with Gasteiger partial charge >= 0.3 is 0 Å². The second kappa shape index (κ2) is 6.04. The third-order valence-electron chi connectivity index (χ3n) is 4.68. The maximum absolute atomic E-state index is 5.40. The quantitative estimate of drug-likeness (QED) is 0.836. The maximum Gasteiger partial charge on any atom is 0.240 e. The molecule has 2 atom stereocenters. The number of piperidine rings is 1. The van der Waals surface area contributed by atoms with Gasteiger partial charge in [-0.2, -0.15) is 4.98 Å². The Balaban J connectivity index is 1.63. The van der Waals surface area contributed by atoms with Crippen molar-refractivity contribution >= 4 is 0 Å². The van der Waals surface area contributed by atoms with Crippen LogP contribution in [0.5, 0.6) is 0 Å². The summed E-state index contributed by atoms with van der Waals surface area (Å²) in [5.74, 6) is 2.60. The van der Waals surface area contributed by atoms with Crippen molar-refractivity contribution in [3.63, 3.8) is 0 Å². The molecule has 2 heterocycles. The van der Waals surface area contributed by atoms with Gasteiger partial charge in [-0.15, -0.1) is 0 Å². The van der Waals surface area contributed by atoms with Gasteiger partial charge < -0.3 is 4.52 Å². The molecule has 1 aromatic heterocycles. The molecule has 0 amide bonds. The molecule has 0 bridgehead atoms. The summed E-state index contributed by atoms with van der Waals surface area (Å²) in [5, 5.41) is 4.06. The second-order valence-corrected chi connectivity index (χ2v) is 6.08. The Bertz CT molecular complexity index is 402. The Hall–Kier alpha value is -0.900. The van der Waals surface area contributed by atoms with E-state index in [9.17, 15) is 0 Å². The minimum atomic E-state index is 0.768. The predicted octanol–water partition coefficient (Wildman–Crippen LogP) is 3.18. The van der Waals surface area contributed by atoms with Crippen molar-refractivity contribution in [3.05, 3.63) is 11.7 Å². The minimum Gasteiger partial charge on any atom is -0.338 e. The standard InChI is InChI=1S/C15H25N3O/c1-2-6-14-16-15(19-17-14)11-18-10-5-8-12-7-3-4-9-13(12)18/h12-13H,2-11H2,1H3. The second-order valence-electron chi connectivity index (χ2n) is 6.08. The van der Waals surface area contributed by atoms with Crippen LogP contribution in [0.1, 0.15) is 63.6 Å². The first-order valence-electron chi connectivity index (χ1n) is 7.92. The molecular formula is C15H25N3O. The van der Waals surface area contributed by atoms with Crippen LogP contribution < -0.4 is 0 Å². The lowest BCUT2D eigenvalue weighted by atomic mass is 9.78. The fraction of sp³-hybridized carbons (Fsp3) is 0.867. The number of hydrogen-bond donors (Lipinski definition) is 0. The summed E-state index contributed by atoms with van der Waals surface area (Å²) in [4.78, 5) is 7.11. The minimum absolute atomic E-state index is 0.768.